The van der Waals surface area contributed by atoms with Gasteiger partial charge in [0.15, 0.2) is 0 Å². The Kier molecular flexibility index (Phi) is 1.14. The van der Waals surface area contributed by atoms with Gasteiger partial charge in [0.25, 0.3) is 0 Å². The summed E-state index contributed by atoms with van der Waals surface area (Å²) in [5.41, 5.74) is 0. The highest BCUT2D eigenvalue weighted by Gasteiger charge is 2.31. The lowest BCUT2D eigenvalue weighted by atomic mass is 9.67. The van der Waals surface area contributed by atoms with Gasteiger partial charge in [-0.05, 0) is 24.2 Å². The van der Waals surface area contributed by atoms with Crippen molar-refractivity contribution in [2.45, 2.75) is 26.2 Å². The van der Waals surface area contributed by atoms with Gasteiger partial charge in [-0.2, -0.15) is 0 Å². The van der Waals surface area contributed by atoms with Crippen LogP contribution in [-0.4, -0.2) is 0 Å². The van der Waals surface area contributed by atoms with E-state index in [0.29, 0.717) is 0 Å². The first kappa shape index (κ1) is 5.52. The molecule has 0 aliphatic heterocycles. The topological polar surface area (TPSA) is 0 Å². The molecule has 0 aromatic rings. The zero-order chi connectivity index (χ0) is 6.27. The highest BCUT2D eigenvalue weighted by Crippen LogP contribution is 2.41. The fraction of sp³-hybridized carbons (Fsp3) is 0.778. The quantitative estimate of drug-likeness (QED) is 0.433. The summed E-state index contributed by atoms with van der Waals surface area (Å²) < 4.78 is 0. The second-order valence-electron chi connectivity index (χ2n) is 3.53. The summed E-state index contributed by atoms with van der Waals surface area (Å²) in [6.07, 6.45) is 9.18. The van der Waals surface area contributed by atoms with Gasteiger partial charge in [-0.3, -0.25) is 0 Å². The summed E-state index contributed by atoms with van der Waals surface area (Å²) in [4.78, 5) is 0. The van der Waals surface area contributed by atoms with Crippen molar-refractivity contribution in [2.75, 3.05) is 0 Å². The molecule has 0 bridgehead atoms. The molecule has 0 N–H and O–H groups in total. The van der Waals surface area contributed by atoms with E-state index in [1.807, 2.05) is 0 Å². The van der Waals surface area contributed by atoms with Gasteiger partial charge in [-0.1, -0.05) is 31.9 Å². The molecule has 1 saturated carbocycles. The third-order valence-electron chi connectivity index (χ3n) is 2.93. The fourth-order valence-electron chi connectivity index (χ4n) is 2.16. The highest BCUT2D eigenvalue weighted by molar-refractivity contribution is 5.11. The molecule has 0 saturated heterocycles. The van der Waals surface area contributed by atoms with Crippen molar-refractivity contribution in [2.24, 2.45) is 17.8 Å². The Morgan fingerprint density at radius 2 is 2.11 bits per heavy atom. The van der Waals surface area contributed by atoms with E-state index >= 15 is 0 Å². The molecule has 0 aromatic carbocycles. The van der Waals surface area contributed by atoms with E-state index in [2.05, 4.69) is 19.1 Å². The number of allylic oxidation sites excluding steroid dienone is 2. The van der Waals surface area contributed by atoms with E-state index in [9.17, 15) is 0 Å². The summed E-state index contributed by atoms with van der Waals surface area (Å²) in [5.74, 6) is 2.93. The van der Waals surface area contributed by atoms with Crippen LogP contribution in [0.3, 0.4) is 0 Å². The first-order valence-corrected chi connectivity index (χ1v) is 4.06. The summed E-state index contributed by atoms with van der Waals surface area (Å²) >= 11 is 0. The molecule has 1 fully saturated rings. The molecule has 50 valence electrons. The summed E-state index contributed by atoms with van der Waals surface area (Å²) in [6, 6.07) is 0. The largest absolute Gasteiger partial charge is 0.0845 e. The lowest BCUT2D eigenvalue weighted by Crippen LogP contribution is -2.29. The summed E-state index contributed by atoms with van der Waals surface area (Å²) in [5, 5.41) is 0. The van der Waals surface area contributed by atoms with Crippen LogP contribution in [0, 0.1) is 17.8 Å². The lowest BCUT2D eigenvalue weighted by molar-refractivity contribution is 0.219. The van der Waals surface area contributed by atoms with Crippen LogP contribution in [-0.2, 0) is 0 Å². The molecule has 2 aliphatic carbocycles. The maximum atomic E-state index is 2.40. The summed E-state index contributed by atoms with van der Waals surface area (Å²) in [6.45, 7) is 2.39. The first-order valence-electron chi connectivity index (χ1n) is 4.06. The monoisotopic (exact) mass is 122 g/mol. The van der Waals surface area contributed by atoms with Crippen LogP contribution in [0.15, 0.2) is 12.2 Å². The van der Waals surface area contributed by atoms with Gasteiger partial charge >= 0.3 is 0 Å². The molecule has 0 heteroatoms. The Hall–Kier alpha value is -0.260. The molecule has 0 nitrogen and oxygen atoms in total. The first-order chi connectivity index (χ1) is 4.38. The minimum absolute atomic E-state index is 0.971. The average Bonchev–Trinajstić information content (AvgIpc) is 1.74. The van der Waals surface area contributed by atoms with E-state index in [0.717, 1.165) is 17.8 Å². The Balaban J connectivity index is 2.08. The van der Waals surface area contributed by atoms with Crippen LogP contribution in [0.2, 0.25) is 0 Å². The molecular formula is C9H14. The van der Waals surface area contributed by atoms with Gasteiger partial charge in [0.2, 0.25) is 0 Å². The molecule has 2 rings (SSSR count). The van der Waals surface area contributed by atoms with Crippen molar-refractivity contribution in [3.05, 3.63) is 12.2 Å². The Labute approximate surface area is 57.0 Å². The molecule has 0 amide bonds. The van der Waals surface area contributed by atoms with Crippen LogP contribution in [0.25, 0.3) is 0 Å². The Morgan fingerprint density at radius 1 is 1.22 bits per heavy atom. The normalized spacial score (nSPS) is 47.9. The van der Waals surface area contributed by atoms with Crippen molar-refractivity contribution < 1.29 is 0 Å². The smallest absolute Gasteiger partial charge is 0.0145 e. The van der Waals surface area contributed by atoms with Crippen LogP contribution < -0.4 is 0 Å². The minimum atomic E-state index is 0.971. The van der Waals surface area contributed by atoms with Crippen LogP contribution in [0.5, 0.6) is 0 Å². The van der Waals surface area contributed by atoms with Crippen LogP contribution in [0.1, 0.15) is 26.2 Å². The average molecular weight is 122 g/mol. The zero-order valence-corrected chi connectivity index (χ0v) is 6.01. The van der Waals surface area contributed by atoms with Crippen LogP contribution in [0.4, 0.5) is 0 Å². The SMILES string of the molecule is C[C@H]1CCCC2C=CC21. The Morgan fingerprint density at radius 3 is 2.56 bits per heavy atom. The van der Waals surface area contributed by atoms with Gasteiger partial charge in [-0.25, -0.2) is 0 Å². The van der Waals surface area contributed by atoms with Gasteiger partial charge in [0.05, 0.1) is 0 Å². The molecule has 3 atom stereocenters. The van der Waals surface area contributed by atoms with Crippen molar-refractivity contribution in [1.29, 1.82) is 0 Å². The predicted octanol–water partition coefficient (Wildman–Crippen LogP) is 2.61. The van der Waals surface area contributed by atoms with Gasteiger partial charge in [0.1, 0.15) is 0 Å². The van der Waals surface area contributed by atoms with Crippen molar-refractivity contribution in [3.8, 4) is 0 Å². The summed E-state index contributed by atoms with van der Waals surface area (Å²) in [7, 11) is 0. The van der Waals surface area contributed by atoms with Crippen molar-refractivity contribution >= 4 is 0 Å². The lowest BCUT2D eigenvalue weighted by Gasteiger charge is -2.38. The number of hydrogen-bond donors (Lipinski definition) is 0. The molecular weight excluding hydrogens is 108 g/mol. The number of rotatable bonds is 0. The molecule has 9 heavy (non-hydrogen) atoms. The zero-order valence-electron chi connectivity index (χ0n) is 6.01. The second kappa shape index (κ2) is 1.86. The van der Waals surface area contributed by atoms with E-state index in [1.54, 1.807) is 0 Å². The molecule has 2 unspecified atom stereocenters. The van der Waals surface area contributed by atoms with Gasteiger partial charge < -0.3 is 0 Å². The second-order valence-corrected chi connectivity index (χ2v) is 3.53. The van der Waals surface area contributed by atoms with E-state index in [4.69, 9.17) is 0 Å². The van der Waals surface area contributed by atoms with Gasteiger partial charge in [0, 0.05) is 0 Å². The standard InChI is InChI=1S/C9H14/c1-7-3-2-4-8-5-6-9(7)8/h5-9H,2-4H2,1H3/t7-,8?,9?/m0/s1. The maximum Gasteiger partial charge on any atom is -0.0145 e. The number of hydrogen-bond acceptors (Lipinski definition) is 0. The van der Waals surface area contributed by atoms with Gasteiger partial charge in [-0.15, -0.1) is 0 Å². The van der Waals surface area contributed by atoms with Crippen LogP contribution >= 0.6 is 0 Å². The van der Waals surface area contributed by atoms with E-state index in [-0.39, 0.29) is 0 Å². The molecule has 0 heterocycles. The fourth-order valence-corrected chi connectivity index (χ4v) is 2.16. The van der Waals surface area contributed by atoms with E-state index < -0.39 is 0 Å². The number of fused-ring (bicyclic) bond motifs is 1. The van der Waals surface area contributed by atoms with E-state index in [1.165, 1.54) is 19.3 Å². The minimum Gasteiger partial charge on any atom is -0.0845 e. The maximum absolute atomic E-state index is 2.40. The molecule has 2 aliphatic rings. The molecule has 0 aromatic heterocycles. The highest BCUT2D eigenvalue weighted by atomic mass is 14.4. The molecule has 0 radical (unpaired) electrons. The predicted molar refractivity (Wildman–Crippen MR) is 39.1 cm³/mol. The Bertz CT molecular complexity index is 135. The van der Waals surface area contributed by atoms with Crippen molar-refractivity contribution in [3.63, 3.8) is 0 Å². The molecule has 0 spiro atoms. The third kappa shape index (κ3) is 0.726. The van der Waals surface area contributed by atoms with Crippen molar-refractivity contribution in [1.82, 2.24) is 0 Å². The third-order valence-corrected chi connectivity index (χ3v) is 2.93.